The molecule has 1 heterocycles. The van der Waals surface area contributed by atoms with E-state index in [0.717, 1.165) is 29.1 Å². The van der Waals surface area contributed by atoms with Gasteiger partial charge in [0.1, 0.15) is 0 Å². The van der Waals surface area contributed by atoms with E-state index in [2.05, 4.69) is 10.3 Å². The molecule has 0 aliphatic carbocycles. The van der Waals surface area contributed by atoms with E-state index in [1.54, 1.807) is 0 Å². The molecule has 0 spiro atoms. The van der Waals surface area contributed by atoms with Crippen molar-refractivity contribution in [3.63, 3.8) is 0 Å². The lowest BCUT2D eigenvalue weighted by atomic mass is 10.2. The summed E-state index contributed by atoms with van der Waals surface area (Å²) in [6.45, 7) is 1.83. The molecule has 0 fully saturated rings. The summed E-state index contributed by atoms with van der Waals surface area (Å²) < 4.78 is 38.7. The zero-order valence-electron chi connectivity index (χ0n) is 14.8. The van der Waals surface area contributed by atoms with E-state index in [1.807, 2.05) is 43.3 Å². The molecule has 1 amide bonds. The van der Waals surface area contributed by atoms with Gasteiger partial charge in [0.2, 0.25) is 5.91 Å². The van der Waals surface area contributed by atoms with Crippen LogP contribution >= 0.6 is 23.4 Å². The van der Waals surface area contributed by atoms with Gasteiger partial charge in [-0.15, -0.1) is 0 Å². The van der Waals surface area contributed by atoms with Crippen molar-refractivity contribution in [3.8, 4) is 0 Å². The molecule has 146 valence electrons. The molecular weight excluding hydrogens is 409 g/mol. The number of alkyl halides is 3. The Labute approximate surface area is 169 Å². The fourth-order valence-electron chi connectivity index (χ4n) is 2.59. The van der Waals surface area contributed by atoms with Gasteiger partial charge in [-0.25, -0.2) is 4.98 Å². The van der Waals surface area contributed by atoms with Crippen LogP contribution in [0.3, 0.4) is 0 Å². The summed E-state index contributed by atoms with van der Waals surface area (Å²) >= 11 is 7.22. The molecule has 28 heavy (non-hydrogen) atoms. The number of nitrogens with one attached hydrogen (secondary N) is 1. The van der Waals surface area contributed by atoms with E-state index in [9.17, 15) is 18.0 Å². The molecule has 1 aromatic heterocycles. The summed E-state index contributed by atoms with van der Waals surface area (Å²) in [7, 11) is 0. The van der Waals surface area contributed by atoms with Crippen LogP contribution in [0.15, 0.2) is 59.6 Å². The van der Waals surface area contributed by atoms with Crippen molar-refractivity contribution in [3.05, 3.63) is 65.2 Å². The number of nitrogens with zero attached hydrogens (tertiary/aromatic N) is 1. The third kappa shape index (κ3) is 4.77. The van der Waals surface area contributed by atoms with Crippen LogP contribution in [0.25, 0.3) is 10.9 Å². The van der Waals surface area contributed by atoms with Crippen molar-refractivity contribution in [2.45, 2.75) is 29.8 Å². The number of halogens is 4. The summed E-state index contributed by atoms with van der Waals surface area (Å²) in [6.07, 6.45) is -4.04. The Morgan fingerprint density at radius 2 is 1.93 bits per heavy atom. The number of thioether (sulfide) groups is 1. The number of fused-ring (bicyclic) bond motifs is 1. The Balaban J connectivity index is 1.78. The second kappa shape index (κ2) is 8.41. The Morgan fingerprint density at radius 1 is 1.18 bits per heavy atom. The summed E-state index contributed by atoms with van der Waals surface area (Å²) in [6, 6.07) is 14.2. The zero-order valence-corrected chi connectivity index (χ0v) is 16.3. The van der Waals surface area contributed by atoms with Gasteiger partial charge in [-0.1, -0.05) is 54.6 Å². The zero-order chi connectivity index (χ0) is 20.3. The van der Waals surface area contributed by atoms with Crippen molar-refractivity contribution in [1.29, 1.82) is 0 Å². The molecule has 1 N–H and O–H groups in total. The predicted octanol–water partition coefficient (Wildman–Crippen LogP) is 6.42. The minimum atomic E-state index is -4.52. The molecule has 3 aromatic rings. The number of hydrogen-bond acceptors (Lipinski definition) is 3. The molecule has 8 heteroatoms. The van der Waals surface area contributed by atoms with Crippen LogP contribution < -0.4 is 5.32 Å². The normalized spacial score (nSPS) is 12.8. The number of carbonyl (C=O) groups excluding carboxylic acids is 1. The summed E-state index contributed by atoms with van der Waals surface area (Å²) in [5.41, 5.74) is -0.125. The van der Waals surface area contributed by atoms with Crippen molar-refractivity contribution in [2.75, 3.05) is 5.32 Å². The number of carbonyl (C=O) groups is 1. The van der Waals surface area contributed by atoms with Gasteiger partial charge in [0.05, 0.1) is 32.1 Å². The molecular formula is C20H16ClF3N2OS. The topological polar surface area (TPSA) is 42.0 Å². The van der Waals surface area contributed by atoms with Crippen molar-refractivity contribution >= 4 is 45.9 Å². The highest BCUT2D eigenvalue weighted by Gasteiger charge is 2.31. The van der Waals surface area contributed by atoms with E-state index in [1.165, 1.54) is 11.8 Å². The van der Waals surface area contributed by atoms with Crippen molar-refractivity contribution in [1.82, 2.24) is 4.98 Å². The highest BCUT2D eigenvalue weighted by Crippen LogP contribution is 2.34. The van der Waals surface area contributed by atoms with Gasteiger partial charge < -0.3 is 5.32 Å². The van der Waals surface area contributed by atoms with Gasteiger partial charge >= 0.3 is 6.18 Å². The van der Waals surface area contributed by atoms with E-state index in [-0.39, 0.29) is 10.7 Å². The quantitative estimate of drug-likeness (QED) is 0.481. The molecule has 0 aliphatic heterocycles. The lowest BCUT2D eigenvalue weighted by molar-refractivity contribution is -0.137. The number of aromatic nitrogens is 1. The molecule has 2 aromatic carbocycles. The van der Waals surface area contributed by atoms with Crippen LogP contribution in [0.2, 0.25) is 5.02 Å². The van der Waals surface area contributed by atoms with Crippen LogP contribution in [0.5, 0.6) is 0 Å². The van der Waals surface area contributed by atoms with Gasteiger partial charge in [0.15, 0.2) is 0 Å². The molecule has 0 radical (unpaired) electrons. The average Bonchev–Trinajstić information content (AvgIpc) is 2.66. The van der Waals surface area contributed by atoms with E-state index in [0.29, 0.717) is 11.4 Å². The minimum absolute atomic E-state index is 0.0463. The number of para-hydroxylation sites is 1. The number of hydrogen-bond donors (Lipinski definition) is 1. The van der Waals surface area contributed by atoms with Gasteiger partial charge in [0, 0.05) is 5.39 Å². The predicted molar refractivity (Wildman–Crippen MR) is 107 cm³/mol. The fourth-order valence-corrected chi connectivity index (χ4v) is 3.68. The SMILES string of the molecule is CCC(Sc1ccc2ccccc2n1)C(=O)Nc1cc(C(F)(F)F)ccc1Cl. The lowest BCUT2D eigenvalue weighted by Crippen LogP contribution is -2.25. The Hall–Kier alpha value is -2.25. The fraction of sp³-hybridized carbons (Fsp3) is 0.200. The maximum atomic E-state index is 12.9. The monoisotopic (exact) mass is 424 g/mol. The molecule has 3 nitrogen and oxygen atoms in total. The maximum Gasteiger partial charge on any atom is 0.416 e. The molecule has 0 bridgehead atoms. The molecule has 0 saturated carbocycles. The third-order valence-electron chi connectivity index (χ3n) is 4.05. The van der Waals surface area contributed by atoms with Crippen molar-refractivity contribution in [2.24, 2.45) is 0 Å². The molecule has 0 saturated heterocycles. The molecule has 3 rings (SSSR count). The molecule has 1 atom stereocenters. The number of rotatable bonds is 5. The summed E-state index contributed by atoms with van der Waals surface area (Å²) in [5, 5.41) is 3.68. The number of benzene rings is 2. The largest absolute Gasteiger partial charge is 0.416 e. The van der Waals surface area contributed by atoms with Crippen LogP contribution in [-0.4, -0.2) is 16.1 Å². The first-order valence-electron chi connectivity index (χ1n) is 8.48. The molecule has 1 unspecified atom stereocenters. The lowest BCUT2D eigenvalue weighted by Gasteiger charge is -2.16. The van der Waals surface area contributed by atoms with Crippen LogP contribution in [-0.2, 0) is 11.0 Å². The first-order chi connectivity index (χ1) is 13.3. The molecule has 0 aliphatic rings. The number of anilines is 1. The first-order valence-corrected chi connectivity index (χ1v) is 9.73. The van der Waals surface area contributed by atoms with E-state index in [4.69, 9.17) is 11.6 Å². The van der Waals surface area contributed by atoms with Crippen LogP contribution in [0.4, 0.5) is 18.9 Å². The second-order valence-corrected chi connectivity index (χ2v) is 7.67. The van der Waals surface area contributed by atoms with Crippen LogP contribution in [0.1, 0.15) is 18.9 Å². The summed E-state index contributed by atoms with van der Waals surface area (Å²) in [5.74, 6) is -0.427. The Bertz CT molecular complexity index is 1010. The standard InChI is InChI=1S/C20H16ClF3N2OS/c1-2-17(28-18-10-7-12-5-3-4-6-15(12)25-18)19(27)26-16-11-13(20(22,23)24)8-9-14(16)21/h3-11,17H,2H2,1H3,(H,26,27). The third-order valence-corrected chi connectivity index (χ3v) is 5.68. The highest BCUT2D eigenvalue weighted by molar-refractivity contribution is 8.00. The van der Waals surface area contributed by atoms with E-state index < -0.39 is 22.9 Å². The van der Waals surface area contributed by atoms with Gasteiger partial charge in [-0.3, -0.25) is 4.79 Å². The smallest absolute Gasteiger partial charge is 0.324 e. The maximum absolute atomic E-state index is 12.9. The number of amides is 1. The highest BCUT2D eigenvalue weighted by atomic mass is 35.5. The van der Waals surface area contributed by atoms with E-state index >= 15 is 0 Å². The van der Waals surface area contributed by atoms with Crippen LogP contribution in [0, 0.1) is 0 Å². The minimum Gasteiger partial charge on any atom is -0.324 e. The van der Waals surface area contributed by atoms with Gasteiger partial charge in [0.25, 0.3) is 0 Å². The Morgan fingerprint density at radius 3 is 2.64 bits per heavy atom. The van der Waals surface area contributed by atoms with Crippen molar-refractivity contribution < 1.29 is 18.0 Å². The van der Waals surface area contributed by atoms with Gasteiger partial charge in [-0.05, 0) is 36.8 Å². The van der Waals surface area contributed by atoms with Gasteiger partial charge in [-0.2, -0.15) is 13.2 Å². The average molecular weight is 425 g/mol. The summed E-state index contributed by atoms with van der Waals surface area (Å²) in [4.78, 5) is 17.1. The first kappa shape index (κ1) is 20.5. The second-order valence-electron chi connectivity index (χ2n) is 6.04. The number of pyridine rings is 1. The Kier molecular flexibility index (Phi) is 6.15.